The van der Waals surface area contributed by atoms with Crippen molar-refractivity contribution in [1.82, 2.24) is 9.97 Å². The minimum Gasteiger partial charge on any atom is -0.441 e. The number of benzene rings is 2. The summed E-state index contributed by atoms with van der Waals surface area (Å²) in [6, 6.07) is 15.8. The van der Waals surface area contributed by atoms with Crippen LogP contribution in [0.4, 0.5) is 19.0 Å². The van der Waals surface area contributed by atoms with Gasteiger partial charge in [0.2, 0.25) is 5.89 Å². The SMILES string of the molecule is Cc1oc(-c2ccc(C(F)(F)F)cc2)nc1CSc1nc(N)c(C#N)c(-c2ccc(CC[C@H](O)CO)cc2)c1C#N. The van der Waals surface area contributed by atoms with Crippen molar-refractivity contribution in [2.75, 3.05) is 12.3 Å². The standard InChI is InChI=1S/C29H24F3N5O3S/c1-16-24(36-27(40-16)19-7-9-20(10-8-19)29(30,31)32)15-41-28-23(13-34)25(22(12-33)26(35)37-28)18-5-2-17(3-6-18)4-11-21(39)14-38/h2-3,5-10,21,38-39H,4,11,14-15H2,1H3,(H2,35,37)/t21-/m0/s1. The van der Waals surface area contributed by atoms with Gasteiger partial charge in [-0.1, -0.05) is 36.0 Å². The fraction of sp³-hybridized carbons (Fsp3) is 0.241. The quantitative estimate of drug-likeness (QED) is 0.214. The second-order valence-electron chi connectivity index (χ2n) is 9.11. The number of nitrogens with zero attached hydrogens (tertiary/aromatic N) is 4. The molecule has 0 amide bonds. The molecule has 0 saturated heterocycles. The lowest BCUT2D eigenvalue weighted by atomic mass is 9.95. The predicted molar refractivity (Wildman–Crippen MR) is 146 cm³/mol. The molecule has 2 aromatic carbocycles. The number of aliphatic hydroxyl groups is 2. The van der Waals surface area contributed by atoms with Crippen LogP contribution >= 0.6 is 11.8 Å². The van der Waals surface area contributed by atoms with Crippen LogP contribution < -0.4 is 5.73 Å². The van der Waals surface area contributed by atoms with Gasteiger partial charge in [0.05, 0.1) is 29.5 Å². The first kappa shape index (κ1) is 29.6. The summed E-state index contributed by atoms with van der Waals surface area (Å²) in [7, 11) is 0. The molecule has 8 nitrogen and oxygen atoms in total. The van der Waals surface area contributed by atoms with Gasteiger partial charge >= 0.3 is 6.18 Å². The summed E-state index contributed by atoms with van der Waals surface area (Å²) < 4.78 is 44.4. The van der Waals surface area contributed by atoms with Gasteiger partial charge in [0.25, 0.3) is 0 Å². The molecule has 0 saturated carbocycles. The number of aliphatic hydroxyl groups excluding tert-OH is 2. The number of rotatable bonds is 9. The second-order valence-corrected chi connectivity index (χ2v) is 10.1. The van der Waals surface area contributed by atoms with Gasteiger partial charge in [-0.05, 0) is 55.2 Å². The normalized spacial score (nSPS) is 12.1. The summed E-state index contributed by atoms with van der Waals surface area (Å²) in [5.74, 6) is 0.789. The molecule has 41 heavy (non-hydrogen) atoms. The zero-order valence-electron chi connectivity index (χ0n) is 21.7. The maximum absolute atomic E-state index is 12.9. The molecule has 0 aliphatic carbocycles. The highest BCUT2D eigenvalue weighted by Crippen LogP contribution is 2.37. The number of aromatic nitrogens is 2. The summed E-state index contributed by atoms with van der Waals surface area (Å²) in [5.41, 5.74) is 8.29. The number of halogens is 3. The zero-order chi connectivity index (χ0) is 29.7. The van der Waals surface area contributed by atoms with Crippen LogP contribution in [0.15, 0.2) is 58.0 Å². The molecule has 4 N–H and O–H groups in total. The molecule has 0 unspecified atom stereocenters. The first-order chi connectivity index (χ1) is 19.5. The van der Waals surface area contributed by atoms with Crippen LogP contribution in [0.2, 0.25) is 0 Å². The third kappa shape index (κ3) is 6.69. The van der Waals surface area contributed by atoms with Crippen molar-refractivity contribution >= 4 is 17.6 Å². The fourth-order valence-electron chi connectivity index (χ4n) is 4.08. The number of hydrogen-bond donors (Lipinski definition) is 3. The number of pyridine rings is 1. The third-order valence-electron chi connectivity index (χ3n) is 6.33. The summed E-state index contributed by atoms with van der Waals surface area (Å²) in [4.78, 5) is 8.73. The van der Waals surface area contributed by atoms with Gasteiger partial charge in [0.1, 0.15) is 34.3 Å². The Bertz CT molecular complexity index is 1620. The number of anilines is 1. The minimum atomic E-state index is -4.45. The van der Waals surface area contributed by atoms with E-state index in [2.05, 4.69) is 16.0 Å². The second kappa shape index (κ2) is 12.4. The molecule has 0 fully saturated rings. The highest BCUT2D eigenvalue weighted by molar-refractivity contribution is 7.98. The Morgan fingerprint density at radius 3 is 2.22 bits per heavy atom. The van der Waals surface area contributed by atoms with Crippen molar-refractivity contribution in [3.63, 3.8) is 0 Å². The van der Waals surface area contributed by atoms with Gasteiger partial charge in [-0.15, -0.1) is 0 Å². The van der Waals surface area contributed by atoms with Crippen molar-refractivity contribution in [2.24, 2.45) is 0 Å². The monoisotopic (exact) mass is 579 g/mol. The molecular formula is C29H24F3N5O3S. The van der Waals surface area contributed by atoms with Crippen molar-refractivity contribution in [1.29, 1.82) is 10.5 Å². The van der Waals surface area contributed by atoms with Crippen molar-refractivity contribution in [2.45, 2.75) is 42.8 Å². The fourth-order valence-corrected chi connectivity index (χ4v) is 5.07. The summed E-state index contributed by atoms with van der Waals surface area (Å²) in [5, 5.41) is 38.8. The molecule has 4 aromatic rings. The van der Waals surface area contributed by atoms with E-state index in [9.17, 15) is 28.8 Å². The van der Waals surface area contributed by atoms with Gasteiger partial charge in [-0.3, -0.25) is 0 Å². The number of thioether (sulfide) groups is 1. The van der Waals surface area contributed by atoms with E-state index < -0.39 is 17.8 Å². The molecule has 4 rings (SSSR count). The largest absolute Gasteiger partial charge is 0.441 e. The average molecular weight is 580 g/mol. The number of hydrogen-bond acceptors (Lipinski definition) is 9. The van der Waals surface area contributed by atoms with Gasteiger partial charge in [0.15, 0.2) is 0 Å². The van der Waals surface area contributed by atoms with Crippen LogP contribution in [-0.4, -0.2) is 32.9 Å². The Labute approximate surface area is 237 Å². The molecule has 0 bridgehead atoms. The topological polar surface area (TPSA) is 153 Å². The number of oxazole rings is 1. The number of nitriles is 2. The molecule has 0 spiro atoms. The first-order valence-corrected chi connectivity index (χ1v) is 13.3. The van der Waals surface area contributed by atoms with E-state index in [1.807, 2.05) is 18.2 Å². The maximum atomic E-state index is 12.9. The van der Waals surface area contributed by atoms with Crippen LogP contribution in [0, 0.1) is 29.6 Å². The molecule has 0 aliphatic rings. The molecule has 210 valence electrons. The van der Waals surface area contributed by atoms with Gasteiger partial charge in [-0.25, -0.2) is 9.97 Å². The van der Waals surface area contributed by atoms with E-state index in [-0.39, 0.29) is 40.2 Å². The van der Waals surface area contributed by atoms with Crippen LogP contribution in [-0.2, 0) is 18.3 Å². The van der Waals surface area contributed by atoms with E-state index in [0.29, 0.717) is 41.0 Å². The lowest BCUT2D eigenvalue weighted by molar-refractivity contribution is -0.137. The zero-order valence-corrected chi connectivity index (χ0v) is 22.6. The summed E-state index contributed by atoms with van der Waals surface area (Å²) in [6.07, 6.45) is -4.35. The van der Waals surface area contributed by atoms with Crippen molar-refractivity contribution in [3.8, 4) is 34.7 Å². The van der Waals surface area contributed by atoms with Crippen LogP contribution in [0.1, 0.15) is 40.1 Å². The number of alkyl halides is 3. The molecule has 0 radical (unpaired) electrons. The first-order valence-electron chi connectivity index (χ1n) is 12.3. The van der Waals surface area contributed by atoms with Crippen LogP contribution in [0.3, 0.4) is 0 Å². The Kier molecular flexibility index (Phi) is 8.98. The highest BCUT2D eigenvalue weighted by Gasteiger charge is 2.30. The van der Waals surface area contributed by atoms with Crippen LogP contribution in [0.25, 0.3) is 22.6 Å². The lowest BCUT2D eigenvalue weighted by Gasteiger charge is -2.13. The average Bonchev–Trinajstić information content (AvgIpc) is 3.34. The molecule has 2 heterocycles. The Balaban J connectivity index is 1.60. The highest BCUT2D eigenvalue weighted by atomic mass is 32.2. The Morgan fingerprint density at radius 2 is 1.63 bits per heavy atom. The van der Waals surface area contributed by atoms with E-state index in [4.69, 9.17) is 15.3 Å². The van der Waals surface area contributed by atoms with Crippen LogP contribution in [0.5, 0.6) is 0 Å². The molecule has 1 atom stereocenters. The van der Waals surface area contributed by atoms with E-state index in [1.54, 1.807) is 19.1 Å². The van der Waals surface area contributed by atoms with E-state index in [0.717, 1.165) is 17.7 Å². The predicted octanol–water partition coefficient (Wildman–Crippen LogP) is 5.63. The lowest BCUT2D eigenvalue weighted by Crippen LogP contribution is -2.12. The van der Waals surface area contributed by atoms with E-state index >= 15 is 0 Å². The number of nitrogens with two attached hydrogens (primary N) is 1. The van der Waals surface area contributed by atoms with Crippen molar-refractivity contribution < 1.29 is 27.8 Å². The Morgan fingerprint density at radius 1 is 1.00 bits per heavy atom. The van der Waals surface area contributed by atoms with Gasteiger partial charge < -0.3 is 20.4 Å². The molecule has 0 aliphatic heterocycles. The number of nitrogen functional groups attached to an aromatic ring is 1. The summed E-state index contributed by atoms with van der Waals surface area (Å²) in [6.45, 7) is 1.35. The maximum Gasteiger partial charge on any atom is 0.416 e. The number of aryl methyl sites for hydroxylation is 2. The summed E-state index contributed by atoms with van der Waals surface area (Å²) >= 11 is 1.17. The van der Waals surface area contributed by atoms with E-state index in [1.165, 1.54) is 23.9 Å². The third-order valence-corrected chi connectivity index (χ3v) is 7.32. The minimum absolute atomic E-state index is 0.0403. The molecule has 12 heteroatoms. The Hall–Kier alpha value is -4.36. The smallest absolute Gasteiger partial charge is 0.416 e. The molecule has 2 aromatic heterocycles. The van der Waals surface area contributed by atoms with Gasteiger partial charge in [0, 0.05) is 16.9 Å². The van der Waals surface area contributed by atoms with Gasteiger partial charge in [-0.2, -0.15) is 23.7 Å². The van der Waals surface area contributed by atoms with Crippen molar-refractivity contribution in [3.05, 3.63) is 82.2 Å². The molecular weight excluding hydrogens is 555 g/mol.